The van der Waals surface area contributed by atoms with Crippen LogP contribution in [0.2, 0.25) is 0 Å². The molecule has 0 aromatic heterocycles. The molecule has 0 aromatic rings. The van der Waals surface area contributed by atoms with Gasteiger partial charge in [0.2, 0.25) is 0 Å². The summed E-state index contributed by atoms with van der Waals surface area (Å²) in [6, 6.07) is 0. The molecule has 0 aliphatic carbocycles. The summed E-state index contributed by atoms with van der Waals surface area (Å²) in [5, 5.41) is 0. The van der Waals surface area contributed by atoms with Crippen molar-refractivity contribution >= 4 is 66.3 Å². The normalized spacial score (nSPS) is 12.7. The number of halogens is 4. The SMILES string of the molecule is [Cl][Ag]([Cl])([Cl])[Cl].[NaH]. The fraction of sp³-hybridized carbons (Fsp3) is 0. The Balaban J connectivity index is 0. The van der Waals surface area contributed by atoms with Crippen molar-refractivity contribution in [1.29, 1.82) is 0 Å². The second kappa shape index (κ2) is 4.75. The van der Waals surface area contributed by atoms with Gasteiger partial charge in [-0.3, -0.25) is 0 Å². The van der Waals surface area contributed by atoms with Gasteiger partial charge in [-0.15, -0.1) is 0 Å². The van der Waals surface area contributed by atoms with Gasteiger partial charge in [-0.2, -0.15) is 0 Å². The summed E-state index contributed by atoms with van der Waals surface area (Å²) in [7, 11) is 19.9. The van der Waals surface area contributed by atoms with Crippen LogP contribution in [0.15, 0.2) is 0 Å². The van der Waals surface area contributed by atoms with E-state index in [1.54, 1.807) is 0 Å². The van der Waals surface area contributed by atoms with Crippen LogP contribution in [-0.4, -0.2) is 29.6 Å². The molecular weight excluding hydrogens is 273 g/mol. The van der Waals surface area contributed by atoms with Crippen LogP contribution in [0.4, 0.5) is 0 Å². The Morgan fingerprint density at radius 3 is 0.833 bits per heavy atom. The molecule has 0 fully saturated rings. The summed E-state index contributed by atoms with van der Waals surface area (Å²) in [6.45, 7) is 0. The van der Waals surface area contributed by atoms with E-state index in [4.69, 9.17) is 36.8 Å². The van der Waals surface area contributed by atoms with Crippen molar-refractivity contribution in [3.63, 3.8) is 0 Å². The van der Waals surface area contributed by atoms with E-state index in [1.165, 1.54) is 0 Å². The van der Waals surface area contributed by atoms with Crippen molar-refractivity contribution in [3.8, 4) is 0 Å². The average molecular weight is 274 g/mol. The molecule has 0 unspecified atom stereocenters. The first-order valence-electron chi connectivity index (χ1n) is 0.456. The molecule has 0 nitrogen and oxygen atoms in total. The number of rotatable bonds is 0. The van der Waals surface area contributed by atoms with Crippen LogP contribution in [0.5, 0.6) is 0 Å². The van der Waals surface area contributed by atoms with Crippen LogP contribution in [0, 0.1) is 0 Å². The van der Waals surface area contributed by atoms with E-state index < -0.39 is 12.8 Å². The van der Waals surface area contributed by atoms with Crippen molar-refractivity contribution < 1.29 is 12.8 Å². The molecule has 0 N–H and O–H groups in total. The molecule has 6 heavy (non-hydrogen) atoms. The number of hydrogen-bond donors (Lipinski definition) is 0. The predicted molar refractivity (Wildman–Crippen MR) is 30.6 cm³/mol. The van der Waals surface area contributed by atoms with Crippen LogP contribution < -0.4 is 0 Å². The third-order valence-corrected chi connectivity index (χ3v) is 0. The summed E-state index contributed by atoms with van der Waals surface area (Å²) >= 11 is -2.73. The Kier molecular flexibility index (Phi) is 9.23. The molecule has 0 saturated carbocycles. The first kappa shape index (κ1) is 11.7. The molecule has 0 aromatic carbocycles. The first-order valence-corrected chi connectivity index (χ1v) is 8.09. The van der Waals surface area contributed by atoms with E-state index in [0.29, 0.717) is 0 Å². The van der Waals surface area contributed by atoms with Crippen LogP contribution in [0.3, 0.4) is 0 Å². The predicted octanol–water partition coefficient (Wildman–Crippen LogP) is 2.11. The van der Waals surface area contributed by atoms with Gasteiger partial charge in [-0.05, 0) is 0 Å². The first-order chi connectivity index (χ1) is 2.00. The van der Waals surface area contributed by atoms with Gasteiger partial charge in [0.15, 0.2) is 0 Å². The summed E-state index contributed by atoms with van der Waals surface area (Å²) < 4.78 is 0. The van der Waals surface area contributed by atoms with Gasteiger partial charge in [0.05, 0.1) is 0 Å². The van der Waals surface area contributed by atoms with Gasteiger partial charge in [0.25, 0.3) is 0 Å². The topological polar surface area (TPSA) is 0 Å². The van der Waals surface area contributed by atoms with Crippen LogP contribution >= 0.6 is 36.8 Å². The van der Waals surface area contributed by atoms with E-state index in [2.05, 4.69) is 0 Å². The molecule has 0 aliphatic heterocycles. The van der Waals surface area contributed by atoms with Crippen molar-refractivity contribution in [3.05, 3.63) is 0 Å². The van der Waals surface area contributed by atoms with Gasteiger partial charge in [0, 0.05) is 0 Å². The molecular formula is HAgCl4Na. The van der Waals surface area contributed by atoms with Gasteiger partial charge >= 0.3 is 79.1 Å². The number of hydrogen-bond acceptors (Lipinski definition) is 0. The summed E-state index contributed by atoms with van der Waals surface area (Å²) in [4.78, 5) is 0. The minimum atomic E-state index is -2.73. The Bertz CT molecular complexity index is 23.0. The summed E-state index contributed by atoms with van der Waals surface area (Å²) in [5.74, 6) is 0. The second-order valence-electron chi connectivity index (χ2n) is 0.258. The van der Waals surface area contributed by atoms with E-state index in [0.717, 1.165) is 0 Å². The molecule has 0 spiro atoms. The average Bonchev–Trinajstić information content (AvgIpc) is 0.722. The van der Waals surface area contributed by atoms with E-state index in [1.807, 2.05) is 0 Å². The zero-order valence-electron chi connectivity index (χ0n) is 1.81. The van der Waals surface area contributed by atoms with Gasteiger partial charge in [0.1, 0.15) is 0 Å². The standard InChI is InChI=1S/Ag.4ClH.Na.H/h;4*1H;;/q+4;;;;;;/p-4. The van der Waals surface area contributed by atoms with E-state index in [9.17, 15) is 0 Å². The molecule has 0 bridgehead atoms. The van der Waals surface area contributed by atoms with Crippen LogP contribution in [0.1, 0.15) is 0 Å². The molecule has 0 radical (unpaired) electrons. The molecule has 0 saturated heterocycles. The Morgan fingerprint density at radius 1 is 0.833 bits per heavy atom. The molecule has 0 rings (SSSR count). The molecule has 0 amide bonds. The van der Waals surface area contributed by atoms with Gasteiger partial charge in [-0.1, -0.05) is 0 Å². The van der Waals surface area contributed by atoms with Gasteiger partial charge in [-0.25, -0.2) is 0 Å². The van der Waals surface area contributed by atoms with Crippen molar-refractivity contribution in [2.24, 2.45) is 0 Å². The molecule has 0 atom stereocenters. The van der Waals surface area contributed by atoms with Crippen molar-refractivity contribution in [1.82, 2.24) is 0 Å². The quantitative estimate of drug-likeness (QED) is 0.593. The van der Waals surface area contributed by atoms with Gasteiger partial charge < -0.3 is 0 Å². The van der Waals surface area contributed by atoms with Crippen LogP contribution in [0.25, 0.3) is 0 Å². The fourth-order valence-corrected chi connectivity index (χ4v) is 0. The Morgan fingerprint density at radius 2 is 0.833 bits per heavy atom. The maximum atomic E-state index is 4.97. The van der Waals surface area contributed by atoms with E-state index in [-0.39, 0.29) is 29.6 Å². The molecule has 0 heterocycles. The summed E-state index contributed by atoms with van der Waals surface area (Å²) in [6.07, 6.45) is 0. The van der Waals surface area contributed by atoms with Crippen molar-refractivity contribution in [2.45, 2.75) is 0 Å². The molecule has 0 aliphatic rings. The zero-order valence-corrected chi connectivity index (χ0v) is 6.32. The third-order valence-electron chi connectivity index (χ3n) is 0. The molecule has 41 valence electrons. The van der Waals surface area contributed by atoms with E-state index >= 15 is 0 Å². The van der Waals surface area contributed by atoms with Crippen molar-refractivity contribution in [2.75, 3.05) is 0 Å². The summed E-state index contributed by atoms with van der Waals surface area (Å²) in [5.41, 5.74) is 0. The third kappa shape index (κ3) is 28.6. The second-order valence-corrected chi connectivity index (χ2v) is 13.8. The zero-order chi connectivity index (χ0) is 4.50. The Hall–Kier alpha value is 2.90. The molecule has 6 heteroatoms. The maximum absolute atomic E-state index is 4.97. The minimum absolute atomic E-state index is 0. The Labute approximate surface area is 77.6 Å². The fourth-order valence-electron chi connectivity index (χ4n) is 0. The van der Waals surface area contributed by atoms with Crippen LogP contribution in [-0.2, 0) is 12.8 Å². The monoisotopic (exact) mass is 271 g/mol.